The van der Waals surface area contributed by atoms with E-state index in [0.717, 1.165) is 35.3 Å². The summed E-state index contributed by atoms with van der Waals surface area (Å²) in [6.45, 7) is 6.33. The predicted octanol–water partition coefficient (Wildman–Crippen LogP) is 3.88. The second kappa shape index (κ2) is 8.99. The summed E-state index contributed by atoms with van der Waals surface area (Å²) in [6.07, 6.45) is 6.90. The third-order valence-electron chi connectivity index (χ3n) is 3.92. The predicted molar refractivity (Wildman–Crippen MR) is 98.5 cm³/mol. The Bertz CT molecular complexity index is 743. The molecule has 0 aliphatic carbocycles. The molecule has 1 atom stereocenters. The van der Waals surface area contributed by atoms with Crippen LogP contribution in [0.2, 0.25) is 0 Å². The van der Waals surface area contributed by atoms with Crippen LogP contribution in [0.3, 0.4) is 0 Å². The van der Waals surface area contributed by atoms with Gasteiger partial charge in [-0.2, -0.15) is 0 Å². The molecule has 0 saturated heterocycles. The number of carboxylic acids is 1. The topological polar surface area (TPSA) is 85.4 Å². The summed E-state index contributed by atoms with van der Waals surface area (Å²) < 4.78 is 5.94. The lowest BCUT2D eigenvalue weighted by Crippen LogP contribution is -2.15. The van der Waals surface area contributed by atoms with Gasteiger partial charge in [0.15, 0.2) is 0 Å². The summed E-state index contributed by atoms with van der Waals surface area (Å²) >= 11 is 0. The highest BCUT2D eigenvalue weighted by atomic mass is 16.5. The fraction of sp³-hybridized carbons (Fsp3) is 0.300. The van der Waals surface area contributed by atoms with Crippen LogP contribution in [0.5, 0.6) is 5.75 Å². The Morgan fingerprint density at radius 2 is 2.24 bits per heavy atom. The van der Waals surface area contributed by atoms with E-state index >= 15 is 0 Å². The number of unbranched alkanes of at least 4 members (excludes halogenated alkanes) is 1. The van der Waals surface area contributed by atoms with Gasteiger partial charge in [0.25, 0.3) is 0 Å². The number of aliphatic carboxylic acids is 1. The molecule has 132 valence electrons. The number of aryl methyl sites for hydroxylation is 1. The zero-order valence-corrected chi connectivity index (χ0v) is 14.4. The number of carboxylic acid groups (broad SMARTS) is 1. The van der Waals surface area contributed by atoms with Crippen LogP contribution < -0.4 is 10.5 Å². The Morgan fingerprint density at radius 1 is 1.44 bits per heavy atom. The fourth-order valence-corrected chi connectivity index (χ4v) is 2.64. The van der Waals surface area contributed by atoms with Gasteiger partial charge in [-0.3, -0.25) is 9.78 Å². The van der Waals surface area contributed by atoms with E-state index in [-0.39, 0.29) is 6.42 Å². The highest BCUT2D eigenvalue weighted by Crippen LogP contribution is 2.34. The third kappa shape index (κ3) is 5.16. The Kier molecular flexibility index (Phi) is 6.71. The minimum Gasteiger partial charge on any atom is -0.493 e. The van der Waals surface area contributed by atoms with Crippen molar-refractivity contribution in [2.24, 2.45) is 5.73 Å². The number of hydrogen-bond donors (Lipinski definition) is 2. The summed E-state index contributed by atoms with van der Waals surface area (Å²) in [5, 5.41) is 8.93. The van der Waals surface area contributed by atoms with Gasteiger partial charge in [0, 0.05) is 29.6 Å². The SMILES string of the molecule is C=CCCCOc1cccc(C)c1-c1cncc(C(N)CC(=O)O)c1. The molecule has 5 nitrogen and oxygen atoms in total. The molecule has 0 amide bonds. The normalized spacial score (nSPS) is 11.8. The zero-order chi connectivity index (χ0) is 18.2. The van der Waals surface area contributed by atoms with Gasteiger partial charge < -0.3 is 15.6 Å². The number of pyridine rings is 1. The lowest BCUT2D eigenvalue weighted by molar-refractivity contribution is -0.137. The van der Waals surface area contributed by atoms with Gasteiger partial charge in [-0.1, -0.05) is 18.2 Å². The minimum atomic E-state index is -0.931. The number of aromatic nitrogens is 1. The van der Waals surface area contributed by atoms with Crippen LogP contribution in [0.15, 0.2) is 49.3 Å². The first-order valence-electron chi connectivity index (χ1n) is 8.29. The summed E-state index contributed by atoms with van der Waals surface area (Å²) in [5.74, 6) is -0.144. The van der Waals surface area contributed by atoms with Crippen molar-refractivity contribution < 1.29 is 14.6 Å². The number of hydrogen-bond acceptors (Lipinski definition) is 4. The maximum absolute atomic E-state index is 10.9. The summed E-state index contributed by atoms with van der Waals surface area (Å²) in [5.41, 5.74) is 9.56. The quantitative estimate of drug-likeness (QED) is 0.534. The molecule has 0 spiro atoms. The Labute approximate surface area is 148 Å². The number of ether oxygens (including phenoxy) is 1. The molecular weight excluding hydrogens is 316 g/mol. The second-order valence-corrected chi connectivity index (χ2v) is 5.94. The van der Waals surface area contributed by atoms with Crippen LogP contribution in [0.4, 0.5) is 0 Å². The molecular formula is C20H24N2O3. The molecule has 1 heterocycles. The van der Waals surface area contributed by atoms with Crippen LogP contribution in [0.25, 0.3) is 11.1 Å². The molecule has 0 fully saturated rings. The lowest BCUT2D eigenvalue weighted by atomic mass is 9.97. The highest BCUT2D eigenvalue weighted by molar-refractivity contribution is 5.74. The van der Waals surface area contributed by atoms with Gasteiger partial charge in [0.05, 0.1) is 13.0 Å². The summed E-state index contributed by atoms with van der Waals surface area (Å²) in [6, 6.07) is 7.19. The van der Waals surface area contributed by atoms with Crippen LogP contribution in [-0.4, -0.2) is 22.7 Å². The number of nitrogens with two attached hydrogens (primary N) is 1. The number of nitrogens with zero attached hydrogens (tertiary/aromatic N) is 1. The molecule has 1 unspecified atom stereocenters. The van der Waals surface area contributed by atoms with Crippen molar-refractivity contribution in [3.63, 3.8) is 0 Å². The van der Waals surface area contributed by atoms with E-state index in [1.165, 1.54) is 0 Å². The van der Waals surface area contributed by atoms with E-state index in [1.807, 2.05) is 37.3 Å². The van der Waals surface area contributed by atoms with Crippen LogP contribution in [0.1, 0.15) is 36.4 Å². The lowest BCUT2D eigenvalue weighted by Gasteiger charge is -2.16. The average molecular weight is 340 g/mol. The first-order chi connectivity index (χ1) is 12.0. The standard InChI is InChI=1S/C20H24N2O3/c1-3-4-5-9-25-18-8-6-7-14(2)20(18)16-10-15(12-22-13-16)17(21)11-19(23)24/h3,6-8,10,12-13,17H,1,4-5,9,11,21H2,2H3,(H,23,24). The van der Waals surface area contributed by atoms with Crippen molar-refractivity contribution >= 4 is 5.97 Å². The number of benzene rings is 1. The van der Waals surface area contributed by atoms with E-state index in [1.54, 1.807) is 12.4 Å². The molecule has 0 bridgehead atoms. The van der Waals surface area contributed by atoms with Gasteiger partial charge in [-0.15, -0.1) is 6.58 Å². The molecule has 0 radical (unpaired) electrons. The molecule has 2 aromatic rings. The van der Waals surface area contributed by atoms with Crippen molar-refractivity contribution in [2.75, 3.05) is 6.61 Å². The van der Waals surface area contributed by atoms with E-state index in [4.69, 9.17) is 15.6 Å². The Balaban J connectivity index is 2.31. The van der Waals surface area contributed by atoms with Gasteiger partial charge in [0.2, 0.25) is 0 Å². The van der Waals surface area contributed by atoms with Gasteiger partial charge in [0.1, 0.15) is 5.75 Å². The zero-order valence-electron chi connectivity index (χ0n) is 14.4. The van der Waals surface area contributed by atoms with Crippen molar-refractivity contribution in [1.29, 1.82) is 0 Å². The van der Waals surface area contributed by atoms with Crippen molar-refractivity contribution in [3.05, 3.63) is 60.4 Å². The summed E-state index contributed by atoms with van der Waals surface area (Å²) in [7, 11) is 0. The van der Waals surface area contributed by atoms with Crippen molar-refractivity contribution in [2.45, 2.75) is 32.2 Å². The molecule has 0 saturated carbocycles. The third-order valence-corrected chi connectivity index (χ3v) is 3.92. The van der Waals surface area contributed by atoms with Gasteiger partial charge >= 0.3 is 5.97 Å². The first kappa shape index (κ1) is 18.7. The minimum absolute atomic E-state index is 0.135. The molecule has 1 aromatic heterocycles. The Morgan fingerprint density at radius 3 is 2.96 bits per heavy atom. The molecule has 0 aliphatic rings. The van der Waals surface area contributed by atoms with Crippen LogP contribution >= 0.6 is 0 Å². The van der Waals surface area contributed by atoms with E-state index in [0.29, 0.717) is 12.2 Å². The molecule has 0 aliphatic heterocycles. The summed E-state index contributed by atoms with van der Waals surface area (Å²) in [4.78, 5) is 15.1. The maximum Gasteiger partial charge on any atom is 0.305 e. The van der Waals surface area contributed by atoms with E-state index < -0.39 is 12.0 Å². The monoisotopic (exact) mass is 340 g/mol. The maximum atomic E-state index is 10.9. The van der Waals surface area contributed by atoms with Crippen LogP contribution in [0, 0.1) is 6.92 Å². The molecule has 3 N–H and O–H groups in total. The molecule has 2 rings (SSSR count). The van der Waals surface area contributed by atoms with E-state index in [2.05, 4.69) is 11.6 Å². The van der Waals surface area contributed by atoms with Gasteiger partial charge in [-0.25, -0.2) is 0 Å². The number of rotatable bonds is 9. The number of allylic oxidation sites excluding steroid dienone is 1. The Hall–Kier alpha value is -2.66. The smallest absolute Gasteiger partial charge is 0.305 e. The van der Waals surface area contributed by atoms with E-state index in [9.17, 15) is 4.79 Å². The molecule has 1 aromatic carbocycles. The van der Waals surface area contributed by atoms with Gasteiger partial charge in [-0.05, 0) is 43.0 Å². The van der Waals surface area contributed by atoms with Crippen LogP contribution in [-0.2, 0) is 4.79 Å². The molecule has 5 heteroatoms. The average Bonchev–Trinajstić information content (AvgIpc) is 2.58. The van der Waals surface area contributed by atoms with Crippen molar-refractivity contribution in [3.8, 4) is 16.9 Å². The molecule has 25 heavy (non-hydrogen) atoms. The first-order valence-corrected chi connectivity index (χ1v) is 8.29. The number of carbonyl (C=O) groups is 1. The largest absolute Gasteiger partial charge is 0.493 e. The fourth-order valence-electron chi connectivity index (χ4n) is 2.64. The highest BCUT2D eigenvalue weighted by Gasteiger charge is 2.15. The second-order valence-electron chi connectivity index (χ2n) is 5.94. The van der Waals surface area contributed by atoms with Crippen molar-refractivity contribution in [1.82, 2.24) is 4.98 Å².